The fraction of sp³-hybridized carbons (Fsp3) is 0.360. The second-order valence-corrected chi connectivity index (χ2v) is 9.33. The lowest BCUT2D eigenvalue weighted by atomic mass is 9.68. The van der Waals surface area contributed by atoms with Crippen LogP contribution >= 0.6 is 11.8 Å². The van der Waals surface area contributed by atoms with Crippen LogP contribution in [0.25, 0.3) is 16.9 Å². The highest BCUT2D eigenvalue weighted by molar-refractivity contribution is 7.99. The van der Waals surface area contributed by atoms with Crippen molar-refractivity contribution in [3.63, 3.8) is 0 Å². The van der Waals surface area contributed by atoms with Crippen molar-refractivity contribution in [2.45, 2.75) is 56.0 Å². The number of hydrogen-bond donors (Lipinski definition) is 0. The normalized spacial score (nSPS) is 16.6. The first-order valence-corrected chi connectivity index (χ1v) is 11.7. The van der Waals surface area contributed by atoms with Gasteiger partial charge in [0.2, 0.25) is 0 Å². The van der Waals surface area contributed by atoms with Crippen molar-refractivity contribution in [1.29, 1.82) is 0 Å². The molecule has 3 nitrogen and oxygen atoms in total. The summed E-state index contributed by atoms with van der Waals surface area (Å²) in [6.45, 7) is 2.17. The Morgan fingerprint density at radius 3 is 2.52 bits per heavy atom. The van der Waals surface area contributed by atoms with Gasteiger partial charge in [0.1, 0.15) is 0 Å². The molecule has 1 spiro atoms. The van der Waals surface area contributed by atoms with Crippen LogP contribution in [0.4, 0.5) is 0 Å². The van der Waals surface area contributed by atoms with E-state index in [4.69, 9.17) is 4.98 Å². The molecular weight excluding hydrogens is 376 g/mol. The van der Waals surface area contributed by atoms with Gasteiger partial charge in [0.05, 0.1) is 16.9 Å². The molecule has 0 bridgehead atoms. The second-order valence-electron chi connectivity index (χ2n) is 8.26. The third kappa shape index (κ3) is 3.05. The minimum Gasteiger partial charge on any atom is -0.268 e. The second kappa shape index (κ2) is 7.49. The van der Waals surface area contributed by atoms with Crippen molar-refractivity contribution in [2.24, 2.45) is 0 Å². The van der Waals surface area contributed by atoms with Crippen LogP contribution in [0.5, 0.6) is 0 Å². The number of rotatable bonds is 4. The predicted octanol–water partition coefficient (Wildman–Crippen LogP) is 5.77. The Bertz CT molecular complexity index is 1100. The van der Waals surface area contributed by atoms with Gasteiger partial charge in [-0.3, -0.25) is 9.36 Å². The van der Waals surface area contributed by atoms with E-state index in [-0.39, 0.29) is 11.0 Å². The average molecular weight is 403 g/mol. The summed E-state index contributed by atoms with van der Waals surface area (Å²) in [6.07, 6.45) is 6.57. The molecule has 0 saturated heterocycles. The molecule has 4 heteroatoms. The molecule has 29 heavy (non-hydrogen) atoms. The zero-order valence-electron chi connectivity index (χ0n) is 16.9. The molecule has 1 heterocycles. The standard InChI is InChI=1S/C25H26N2OS/c1-2-16-29-24-26-22-20-13-7-6-10-18(20)17-25(14-8-9-15-25)21(22)23(28)27(24)19-11-4-3-5-12-19/h3-7,10-13H,2,8-9,14-17H2,1H3. The van der Waals surface area contributed by atoms with Gasteiger partial charge in [0.25, 0.3) is 5.56 Å². The molecule has 5 rings (SSSR count). The Hall–Kier alpha value is -2.33. The van der Waals surface area contributed by atoms with Crippen LogP contribution in [0, 0.1) is 0 Å². The molecule has 148 valence electrons. The lowest BCUT2D eigenvalue weighted by molar-refractivity contribution is 0.422. The van der Waals surface area contributed by atoms with E-state index >= 15 is 0 Å². The lowest BCUT2D eigenvalue weighted by Crippen LogP contribution is -2.40. The van der Waals surface area contributed by atoms with Crippen molar-refractivity contribution in [3.05, 3.63) is 76.1 Å². The van der Waals surface area contributed by atoms with Crippen molar-refractivity contribution in [1.82, 2.24) is 9.55 Å². The number of para-hydroxylation sites is 1. The Morgan fingerprint density at radius 2 is 1.76 bits per heavy atom. The summed E-state index contributed by atoms with van der Waals surface area (Å²) in [4.78, 5) is 19.3. The van der Waals surface area contributed by atoms with Gasteiger partial charge >= 0.3 is 0 Å². The molecule has 1 saturated carbocycles. The van der Waals surface area contributed by atoms with Gasteiger partial charge < -0.3 is 0 Å². The summed E-state index contributed by atoms with van der Waals surface area (Å²) in [5, 5.41) is 0.812. The summed E-state index contributed by atoms with van der Waals surface area (Å²) >= 11 is 1.69. The smallest absolute Gasteiger partial charge is 0.263 e. The van der Waals surface area contributed by atoms with E-state index in [2.05, 4.69) is 31.2 Å². The predicted molar refractivity (Wildman–Crippen MR) is 120 cm³/mol. The molecule has 1 aromatic heterocycles. The van der Waals surface area contributed by atoms with Gasteiger partial charge in [0, 0.05) is 16.7 Å². The molecule has 2 aliphatic carbocycles. The van der Waals surface area contributed by atoms with Gasteiger partial charge in [-0.05, 0) is 43.4 Å². The van der Waals surface area contributed by atoms with Crippen molar-refractivity contribution >= 4 is 11.8 Å². The number of hydrogen-bond acceptors (Lipinski definition) is 3. The molecule has 0 radical (unpaired) electrons. The summed E-state index contributed by atoms with van der Waals surface area (Å²) in [6, 6.07) is 18.6. The van der Waals surface area contributed by atoms with E-state index in [0.29, 0.717) is 0 Å². The SMILES string of the molecule is CCCSc1nc2c(c(=O)n1-c1ccccc1)C1(CCCC1)Cc1ccccc1-2. The van der Waals surface area contributed by atoms with Gasteiger partial charge in [-0.15, -0.1) is 0 Å². The van der Waals surface area contributed by atoms with Gasteiger partial charge in [-0.2, -0.15) is 0 Å². The van der Waals surface area contributed by atoms with E-state index in [0.717, 1.165) is 59.1 Å². The van der Waals surface area contributed by atoms with Crippen LogP contribution in [0.3, 0.4) is 0 Å². The highest BCUT2D eigenvalue weighted by Crippen LogP contribution is 2.50. The Morgan fingerprint density at radius 1 is 1.03 bits per heavy atom. The van der Waals surface area contributed by atoms with Gasteiger partial charge in [0.15, 0.2) is 5.16 Å². The maximum Gasteiger partial charge on any atom is 0.263 e. The molecule has 0 amide bonds. The Balaban J connectivity index is 1.83. The maximum absolute atomic E-state index is 14.1. The van der Waals surface area contributed by atoms with E-state index in [1.807, 2.05) is 34.9 Å². The van der Waals surface area contributed by atoms with E-state index in [1.165, 1.54) is 18.4 Å². The van der Waals surface area contributed by atoms with Crippen LogP contribution in [0.15, 0.2) is 64.5 Å². The summed E-state index contributed by atoms with van der Waals surface area (Å²) in [7, 11) is 0. The van der Waals surface area contributed by atoms with Gasteiger partial charge in [-0.25, -0.2) is 4.98 Å². The lowest BCUT2D eigenvalue weighted by Gasteiger charge is -2.36. The maximum atomic E-state index is 14.1. The largest absolute Gasteiger partial charge is 0.268 e. The zero-order valence-corrected chi connectivity index (χ0v) is 17.7. The molecule has 0 N–H and O–H groups in total. The number of thioether (sulfide) groups is 1. The summed E-state index contributed by atoms with van der Waals surface area (Å²) in [5.41, 5.74) is 5.38. The highest BCUT2D eigenvalue weighted by atomic mass is 32.2. The van der Waals surface area contributed by atoms with E-state index in [9.17, 15) is 4.79 Å². The van der Waals surface area contributed by atoms with Crippen LogP contribution in [-0.4, -0.2) is 15.3 Å². The summed E-state index contributed by atoms with van der Waals surface area (Å²) in [5.74, 6) is 0.949. The van der Waals surface area contributed by atoms with Crippen LogP contribution < -0.4 is 5.56 Å². The van der Waals surface area contributed by atoms with Crippen LogP contribution in [-0.2, 0) is 11.8 Å². The molecule has 2 aliphatic rings. The number of aromatic nitrogens is 2. The molecule has 0 aliphatic heterocycles. The molecule has 0 unspecified atom stereocenters. The van der Waals surface area contributed by atoms with E-state index < -0.39 is 0 Å². The molecule has 2 aromatic carbocycles. The first-order chi connectivity index (χ1) is 14.2. The first-order valence-electron chi connectivity index (χ1n) is 10.7. The molecule has 1 fully saturated rings. The third-order valence-electron chi connectivity index (χ3n) is 6.39. The van der Waals surface area contributed by atoms with E-state index in [1.54, 1.807) is 11.8 Å². The molecule has 0 atom stereocenters. The Kier molecular flexibility index (Phi) is 4.83. The first kappa shape index (κ1) is 18.7. The zero-order chi connectivity index (χ0) is 19.8. The fourth-order valence-electron chi connectivity index (χ4n) is 5.11. The van der Waals surface area contributed by atoms with Crippen LogP contribution in [0.2, 0.25) is 0 Å². The van der Waals surface area contributed by atoms with Crippen LogP contribution in [0.1, 0.15) is 50.2 Å². The third-order valence-corrected chi connectivity index (χ3v) is 7.54. The highest BCUT2D eigenvalue weighted by Gasteiger charge is 2.44. The Labute approximate surface area is 176 Å². The number of fused-ring (bicyclic) bond motifs is 4. The van der Waals surface area contributed by atoms with Crippen molar-refractivity contribution in [2.75, 3.05) is 5.75 Å². The fourth-order valence-corrected chi connectivity index (χ4v) is 5.97. The van der Waals surface area contributed by atoms with Gasteiger partial charge in [-0.1, -0.05) is 74.0 Å². The van der Waals surface area contributed by atoms with Crippen molar-refractivity contribution < 1.29 is 0 Å². The number of nitrogens with zero attached hydrogens (tertiary/aromatic N) is 2. The quantitative estimate of drug-likeness (QED) is 0.410. The minimum atomic E-state index is -0.0573. The monoisotopic (exact) mass is 402 g/mol. The number of benzene rings is 2. The molecule has 3 aromatic rings. The van der Waals surface area contributed by atoms with Crippen molar-refractivity contribution in [3.8, 4) is 16.9 Å². The summed E-state index contributed by atoms with van der Waals surface area (Å²) < 4.78 is 1.87. The topological polar surface area (TPSA) is 34.9 Å². The molecular formula is C25H26N2OS. The average Bonchev–Trinajstić information content (AvgIpc) is 3.21. The minimum absolute atomic E-state index is 0.0573.